The van der Waals surface area contributed by atoms with Crippen LogP contribution in [-0.2, 0) is 10.2 Å². The van der Waals surface area contributed by atoms with Crippen molar-refractivity contribution in [2.75, 3.05) is 31.1 Å². The van der Waals surface area contributed by atoms with E-state index in [9.17, 15) is 27.9 Å². The number of anilines is 1. The molecule has 1 aliphatic carbocycles. The number of carbonyl (C=O) groups is 2. The van der Waals surface area contributed by atoms with Crippen molar-refractivity contribution in [1.29, 1.82) is 0 Å². The van der Waals surface area contributed by atoms with Gasteiger partial charge in [-0.1, -0.05) is 20.8 Å². The number of amides is 2. The third-order valence-electron chi connectivity index (χ3n) is 8.59. The summed E-state index contributed by atoms with van der Waals surface area (Å²) in [6, 6.07) is 1.60. The number of hydrogen-bond acceptors (Lipinski definition) is 6. The van der Waals surface area contributed by atoms with Gasteiger partial charge in [0.05, 0.1) is 11.1 Å². The van der Waals surface area contributed by atoms with Crippen molar-refractivity contribution in [3.8, 4) is 0 Å². The van der Waals surface area contributed by atoms with Gasteiger partial charge in [0, 0.05) is 43.7 Å². The molecule has 2 aromatic heterocycles. The van der Waals surface area contributed by atoms with Crippen LogP contribution in [0.3, 0.4) is 0 Å². The monoisotopic (exact) mass is 564 g/mol. The smallest absolute Gasteiger partial charge is 0.408 e. The zero-order valence-electron chi connectivity index (χ0n) is 24.1. The molecule has 1 saturated carbocycles. The molecule has 3 fully saturated rings. The molecule has 2 aliphatic heterocycles. The number of nitrogens with zero attached hydrogens (tertiary/aromatic N) is 4. The van der Waals surface area contributed by atoms with Crippen LogP contribution in [0.1, 0.15) is 83.3 Å². The number of alkyl halides is 3. The van der Waals surface area contributed by atoms with Crippen molar-refractivity contribution in [2.45, 2.75) is 96.0 Å². The predicted molar refractivity (Wildman–Crippen MR) is 144 cm³/mol. The van der Waals surface area contributed by atoms with Crippen LogP contribution in [0, 0.1) is 5.92 Å². The Balaban J connectivity index is 1.42. The lowest BCUT2D eigenvalue weighted by Gasteiger charge is -2.49. The molecule has 0 aromatic carbocycles. The maximum atomic E-state index is 13.7. The number of furan rings is 1. The molecule has 5 rings (SSSR count). The van der Waals surface area contributed by atoms with Crippen LogP contribution in [0.25, 0.3) is 11.1 Å². The summed E-state index contributed by atoms with van der Waals surface area (Å²) >= 11 is 0. The zero-order chi connectivity index (χ0) is 29.4. The van der Waals surface area contributed by atoms with Crippen LogP contribution < -0.4 is 4.90 Å². The van der Waals surface area contributed by atoms with E-state index in [1.165, 1.54) is 11.0 Å². The Bertz CT molecular complexity index is 1320. The van der Waals surface area contributed by atoms with Gasteiger partial charge in [-0.15, -0.1) is 0 Å². The maximum absolute atomic E-state index is 13.7. The van der Waals surface area contributed by atoms with Crippen molar-refractivity contribution >= 4 is 28.7 Å². The van der Waals surface area contributed by atoms with Gasteiger partial charge in [0.25, 0.3) is 5.91 Å². The molecule has 11 heteroatoms. The van der Waals surface area contributed by atoms with Crippen LogP contribution in [0.4, 0.5) is 19.0 Å². The fraction of sp³-hybridized carbons (Fsp3) is 0.690. The molecule has 4 heterocycles. The van der Waals surface area contributed by atoms with Gasteiger partial charge in [0.2, 0.25) is 5.91 Å². The van der Waals surface area contributed by atoms with Crippen molar-refractivity contribution in [3.05, 3.63) is 23.5 Å². The first kappa shape index (κ1) is 28.7. The van der Waals surface area contributed by atoms with Crippen molar-refractivity contribution in [1.82, 2.24) is 14.8 Å². The number of aromatic nitrogens is 1. The molecular formula is C29H39F3N4O4. The highest BCUT2D eigenvalue weighted by atomic mass is 19.4. The standard InChI is InChI=1S/C29H39F3N4O4/c1-26(2,3)18-12-22(35-9-7-8-21(35)29(30,31)32)33-19-13-20(40-23(18)19)25(38)36-11-10-34(16-27(36,4)5)24(37)17-14-28(6,39)15-17/h12-13,17,21,39H,7-11,14-16H2,1-6H3/t17?,21-,28?/m1/s1. The summed E-state index contributed by atoms with van der Waals surface area (Å²) in [5.74, 6) is -0.244. The SMILES string of the molecule is CC1(O)CC(C(=O)N2CCN(C(=O)c3cc4nc(N5CCC[C@@H]5C(F)(F)F)cc(C(C)(C)C)c4o3)C(C)(C)C2)C1. The third-order valence-corrected chi connectivity index (χ3v) is 8.59. The summed E-state index contributed by atoms with van der Waals surface area (Å²) < 4.78 is 47.3. The van der Waals surface area contributed by atoms with E-state index >= 15 is 0 Å². The number of rotatable bonds is 3. The lowest BCUT2D eigenvalue weighted by Crippen LogP contribution is -2.63. The minimum Gasteiger partial charge on any atom is -0.449 e. The fourth-order valence-electron chi connectivity index (χ4n) is 6.49. The quantitative estimate of drug-likeness (QED) is 0.572. The first-order chi connectivity index (χ1) is 18.4. The number of piperazine rings is 1. The lowest BCUT2D eigenvalue weighted by atomic mass is 9.71. The summed E-state index contributed by atoms with van der Waals surface area (Å²) in [4.78, 5) is 36.0. The van der Waals surface area contributed by atoms with E-state index in [0.717, 1.165) is 0 Å². The maximum Gasteiger partial charge on any atom is 0.408 e. The van der Waals surface area contributed by atoms with E-state index in [-0.39, 0.29) is 42.3 Å². The van der Waals surface area contributed by atoms with E-state index < -0.39 is 28.8 Å². The van der Waals surface area contributed by atoms with Crippen molar-refractivity contribution < 1.29 is 32.3 Å². The summed E-state index contributed by atoms with van der Waals surface area (Å²) in [7, 11) is 0. The van der Waals surface area contributed by atoms with Gasteiger partial charge in [0.15, 0.2) is 11.3 Å². The largest absolute Gasteiger partial charge is 0.449 e. The molecule has 0 spiro atoms. The lowest BCUT2D eigenvalue weighted by molar-refractivity contribution is -0.153. The summed E-state index contributed by atoms with van der Waals surface area (Å²) in [5, 5.41) is 10.0. The second kappa shape index (κ2) is 9.36. The molecular weight excluding hydrogens is 525 g/mol. The van der Waals surface area contributed by atoms with Crippen molar-refractivity contribution in [3.63, 3.8) is 0 Å². The van der Waals surface area contributed by atoms with E-state index in [1.54, 1.807) is 22.8 Å². The highest BCUT2D eigenvalue weighted by Gasteiger charge is 2.48. The zero-order valence-corrected chi connectivity index (χ0v) is 24.1. The van der Waals surface area contributed by atoms with E-state index in [2.05, 4.69) is 4.98 Å². The van der Waals surface area contributed by atoms with Gasteiger partial charge in [-0.25, -0.2) is 4.98 Å². The number of halogens is 3. The van der Waals surface area contributed by atoms with Gasteiger partial charge in [-0.05, 0) is 57.9 Å². The molecule has 40 heavy (non-hydrogen) atoms. The third kappa shape index (κ3) is 5.17. The average Bonchev–Trinajstić information content (AvgIpc) is 3.47. The predicted octanol–water partition coefficient (Wildman–Crippen LogP) is 4.88. The van der Waals surface area contributed by atoms with Crippen molar-refractivity contribution in [2.24, 2.45) is 5.92 Å². The van der Waals surface area contributed by atoms with Crippen LogP contribution in [-0.4, -0.2) is 81.2 Å². The Labute approximate surface area is 232 Å². The van der Waals surface area contributed by atoms with Crippen LogP contribution in [0.15, 0.2) is 16.5 Å². The van der Waals surface area contributed by atoms with E-state index in [4.69, 9.17) is 4.42 Å². The molecule has 3 aliphatic rings. The molecule has 0 radical (unpaired) electrons. The molecule has 2 saturated heterocycles. The molecule has 0 bridgehead atoms. The second-order valence-electron chi connectivity index (χ2n) is 13.6. The number of pyridine rings is 1. The molecule has 1 atom stereocenters. The molecule has 220 valence electrons. The topological polar surface area (TPSA) is 90.1 Å². The molecule has 1 N–H and O–H groups in total. The average molecular weight is 565 g/mol. The normalized spacial score (nSPS) is 27.3. The van der Waals surface area contributed by atoms with Gasteiger partial charge in [-0.3, -0.25) is 9.59 Å². The van der Waals surface area contributed by atoms with Gasteiger partial charge < -0.3 is 24.2 Å². The minimum absolute atomic E-state index is 0.000980. The molecule has 0 unspecified atom stereocenters. The van der Waals surface area contributed by atoms with Crippen LogP contribution >= 0.6 is 0 Å². The minimum atomic E-state index is -4.36. The second-order valence-corrected chi connectivity index (χ2v) is 13.6. The Morgan fingerprint density at radius 2 is 1.75 bits per heavy atom. The summed E-state index contributed by atoms with van der Waals surface area (Å²) in [5.41, 5.74) is -0.522. The van der Waals surface area contributed by atoms with Gasteiger partial charge in [-0.2, -0.15) is 13.2 Å². The fourth-order valence-corrected chi connectivity index (χ4v) is 6.49. The number of carbonyl (C=O) groups excluding carboxylic acids is 2. The highest BCUT2D eigenvalue weighted by molar-refractivity contribution is 5.97. The Morgan fingerprint density at radius 1 is 1.07 bits per heavy atom. The first-order valence-electron chi connectivity index (χ1n) is 14.0. The molecule has 2 amide bonds. The number of aliphatic hydroxyl groups is 1. The molecule has 2 aromatic rings. The van der Waals surface area contributed by atoms with E-state index in [1.807, 2.05) is 34.6 Å². The van der Waals surface area contributed by atoms with Crippen LogP contribution in [0.5, 0.6) is 0 Å². The summed E-state index contributed by atoms with van der Waals surface area (Å²) in [6.45, 7) is 12.6. The van der Waals surface area contributed by atoms with Crippen LogP contribution in [0.2, 0.25) is 0 Å². The number of hydrogen-bond donors (Lipinski definition) is 1. The Kier molecular flexibility index (Phi) is 6.71. The Morgan fingerprint density at radius 3 is 2.33 bits per heavy atom. The molecule has 8 nitrogen and oxygen atoms in total. The van der Waals surface area contributed by atoms with Gasteiger partial charge in [0.1, 0.15) is 17.4 Å². The first-order valence-corrected chi connectivity index (χ1v) is 14.0. The number of fused-ring (bicyclic) bond motifs is 1. The van der Waals surface area contributed by atoms with E-state index in [0.29, 0.717) is 55.6 Å². The summed E-state index contributed by atoms with van der Waals surface area (Å²) in [6.07, 6.45) is -3.04. The van der Waals surface area contributed by atoms with Gasteiger partial charge >= 0.3 is 6.18 Å². The Hall–Kier alpha value is -2.82. The highest BCUT2D eigenvalue weighted by Crippen LogP contribution is 2.41.